The van der Waals surface area contributed by atoms with Gasteiger partial charge in [-0.15, -0.1) is 0 Å². The van der Waals surface area contributed by atoms with Crippen molar-refractivity contribution >= 4 is 54.4 Å². The highest BCUT2D eigenvalue weighted by Gasteiger charge is 2.71. The van der Waals surface area contributed by atoms with Gasteiger partial charge >= 0.3 is 36.6 Å². The van der Waals surface area contributed by atoms with Gasteiger partial charge < -0.3 is 19.7 Å². The van der Waals surface area contributed by atoms with E-state index in [1.807, 2.05) is 0 Å². The summed E-state index contributed by atoms with van der Waals surface area (Å²) in [5.41, 5.74) is -12.0. The predicted octanol–water partition coefficient (Wildman–Crippen LogP) is 6.64. The smallest absolute Gasteiger partial charge is 0.426 e. The van der Waals surface area contributed by atoms with Gasteiger partial charge in [0.1, 0.15) is 4.90 Å². The minimum absolute atomic E-state index is 0.106. The number of benzene rings is 4. The first-order chi connectivity index (χ1) is 22.6. The van der Waals surface area contributed by atoms with E-state index < -0.39 is 105 Å². The van der Waals surface area contributed by atoms with Crippen LogP contribution in [0.3, 0.4) is 0 Å². The van der Waals surface area contributed by atoms with E-state index in [4.69, 9.17) is 0 Å². The minimum Gasteiger partial charge on any atom is -0.462 e. The molecule has 4 aromatic carbocycles. The van der Waals surface area contributed by atoms with Crippen LogP contribution < -0.4 is 0 Å². The van der Waals surface area contributed by atoms with Gasteiger partial charge in [-0.2, -0.15) is 61.1 Å². The Labute approximate surface area is 270 Å². The number of alkyl halides is 12. The molecule has 22 heteroatoms. The van der Waals surface area contributed by atoms with Crippen LogP contribution >= 0.6 is 0 Å². The number of hydrogen-bond acceptors (Lipinski definition) is 8. The summed E-state index contributed by atoms with van der Waals surface area (Å²) in [6, 6.07) is 6.68. The number of rotatable bonds is 9. The molecular weight excluding hydrogens is 740 g/mol. The second kappa shape index (κ2) is 12.3. The Morgan fingerprint density at radius 1 is 0.600 bits per heavy atom. The molecule has 0 spiro atoms. The molecule has 0 aromatic heterocycles. The number of hydrogen-bond donors (Lipinski definition) is 3. The first-order valence-corrected chi connectivity index (χ1v) is 14.8. The fourth-order valence-electron chi connectivity index (χ4n) is 5.08. The third-order valence-corrected chi connectivity index (χ3v) is 8.62. The van der Waals surface area contributed by atoms with Crippen LogP contribution in [0, 0.1) is 0 Å². The maximum absolute atomic E-state index is 13.1. The molecule has 0 aliphatic carbocycles. The quantitative estimate of drug-likeness (QED) is 0.0741. The molecule has 0 unspecified atom stereocenters. The van der Waals surface area contributed by atoms with E-state index in [0.29, 0.717) is 0 Å². The van der Waals surface area contributed by atoms with Crippen molar-refractivity contribution in [1.29, 1.82) is 0 Å². The number of aliphatic hydroxyl groups is 2. The summed E-state index contributed by atoms with van der Waals surface area (Å²) in [6.07, 6.45) is -29.4. The molecule has 0 aliphatic rings. The number of carbonyl (C=O) groups is 2. The zero-order chi connectivity index (χ0) is 38.0. The Bertz CT molecular complexity index is 2020. The third kappa shape index (κ3) is 6.55. The maximum Gasteiger partial charge on any atom is 0.426 e. The molecule has 0 fully saturated rings. The van der Waals surface area contributed by atoms with Gasteiger partial charge in [-0.1, -0.05) is 24.3 Å². The monoisotopic (exact) mass is 758 g/mol. The fourth-order valence-corrected chi connectivity index (χ4v) is 5.75. The second-order valence-electron chi connectivity index (χ2n) is 10.7. The van der Waals surface area contributed by atoms with Crippen LogP contribution in [0.25, 0.3) is 32.3 Å². The van der Waals surface area contributed by atoms with Crippen molar-refractivity contribution in [3.05, 3.63) is 53.6 Å². The summed E-state index contributed by atoms with van der Waals surface area (Å²) < 4.78 is 200. The van der Waals surface area contributed by atoms with Gasteiger partial charge in [0, 0.05) is 18.2 Å². The Morgan fingerprint density at radius 3 is 1.38 bits per heavy atom. The van der Waals surface area contributed by atoms with Gasteiger partial charge in [0.25, 0.3) is 21.3 Å². The lowest BCUT2D eigenvalue weighted by molar-refractivity contribution is -0.371. The van der Waals surface area contributed by atoms with Crippen molar-refractivity contribution in [1.82, 2.24) is 0 Å². The number of carbonyl (C=O) groups excluding carboxylic acids is 2. The van der Waals surface area contributed by atoms with Crippen LogP contribution in [0.15, 0.2) is 47.4 Å². The Balaban J connectivity index is 1.83. The van der Waals surface area contributed by atoms with Crippen molar-refractivity contribution < 1.29 is 94.9 Å². The molecule has 0 aliphatic heterocycles. The summed E-state index contributed by atoms with van der Waals surface area (Å²) in [5.74, 6) is -3.28. The number of ether oxygens (including phenoxy) is 2. The summed E-state index contributed by atoms with van der Waals surface area (Å²) in [7, 11) is -5.15. The fraction of sp³-hybridized carbons (Fsp3) is 0.357. The first-order valence-electron chi connectivity index (χ1n) is 13.3. The molecule has 4 aromatic rings. The van der Waals surface area contributed by atoms with Crippen molar-refractivity contribution in [3.63, 3.8) is 0 Å². The predicted molar refractivity (Wildman–Crippen MR) is 144 cm³/mol. The minimum atomic E-state index is -6.27. The topological polar surface area (TPSA) is 147 Å². The number of halogens is 12. The van der Waals surface area contributed by atoms with E-state index in [9.17, 15) is 85.5 Å². The Kier molecular flexibility index (Phi) is 9.48. The average molecular weight is 758 g/mol. The molecule has 50 heavy (non-hydrogen) atoms. The summed E-state index contributed by atoms with van der Waals surface area (Å²) >= 11 is 0. The van der Waals surface area contributed by atoms with Gasteiger partial charge in [-0.25, -0.2) is 9.59 Å². The van der Waals surface area contributed by atoms with Crippen molar-refractivity contribution in [2.45, 2.75) is 53.6 Å². The molecule has 0 atom stereocenters. The van der Waals surface area contributed by atoms with Gasteiger partial charge in [0.15, 0.2) is 0 Å². The molecule has 4 rings (SSSR count). The molecule has 0 amide bonds. The molecule has 0 saturated heterocycles. The molecule has 0 radical (unpaired) electrons. The largest absolute Gasteiger partial charge is 0.462 e. The van der Waals surface area contributed by atoms with Crippen molar-refractivity contribution in [2.24, 2.45) is 0 Å². The molecule has 0 bridgehead atoms. The SMILES string of the molecule is O=C(OCCC(O)(C(F)(F)F)C(F)(F)F)c1cc2ccc(S(=O)(=O)O)c3cc(C(=O)OCCC(O)(C(F)(F)F)C(F)(F)F)c4cccc1c4c23. The lowest BCUT2D eigenvalue weighted by atomic mass is 9.89. The highest BCUT2D eigenvalue weighted by molar-refractivity contribution is 7.86. The molecule has 0 heterocycles. The van der Waals surface area contributed by atoms with Crippen LogP contribution in [-0.2, 0) is 19.6 Å². The Hall–Kier alpha value is -4.15. The lowest BCUT2D eigenvalue weighted by Crippen LogP contribution is -2.57. The highest BCUT2D eigenvalue weighted by Crippen LogP contribution is 2.47. The van der Waals surface area contributed by atoms with Crippen LogP contribution in [0.1, 0.15) is 33.6 Å². The summed E-state index contributed by atoms with van der Waals surface area (Å²) in [5, 5.41) is 17.0. The van der Waals surface area contributed by atoms with Gasteiger partial charge in [-0.05, 0) is 45.1 Å². The molecule has 0 saturated carbocycles. The van der Waals surface area contributed by atoms with E-state index in [1.54, 1.807) is 0 Å². The summed E-state index contributed by atoms with van der Waals surface area (Å²) in [4.78, 5) is 25.2. The van der Waals surface area contributed by atoms with E-state index in [1.165, 1.54) is 0 Å². The normalized spacial score (nSPS) is 14.1. The first kappa shape index (κ1) is 38.6. The lowest BCUT2D eigenvalue weighted by Gasteiger charge is -2.32. The maximum atomic E-state index is 13.1. The van der Waals surface area contributed by atoms with E-state index in [2.05, 4.69) is 9.47 Å². The van der Waals surface area contributed by atoms with Gasteiger partial charge in [0.2, 0.25) is 0 Å². The molecule has 274 valence electrons. The summed E-state index contributed by atoms with van der Waals surface area (Å²) in [6.45, 7) is -3.36. The highest BCUT2D eigenvalue weighted by atomic mass is 32.2. The van der Waals surface area contributed by atoms with E-state index >= 15 is 0 Å². The zero-order valence-corrected chi connectivity index (χ0v) is 24.9. The Morgan fingerprint density at radius 2 is 1.00 bits per heavy atom. The molecule has 9 nitrogen and oxygen atoms in total. The third-order valence-electron chi connectivity index (χ3n) is 7.71. The van der Waals surface area contributed by atoms with Crippen LogP contribution in [0.5, 0.6) is 0 Å². The van der Waals surface area contributed by atoms with Crippen molar-refractivity contribution in [2.75, 3.05) is 13.2 Å². The van der Waals surface area contributed by atoms with E-state index in [-0.39, 0.29) is 26.9 Å². The van der Waals surface area contributed by atoms with E-state index in [0.717, 1.165) is 42.5 Å². The average Bonchev–Trinajstić information content (AvgIpc) is 2.96. The van der Waals surface area contributed by atoms with Gasteiger partial charge in [0.05, 0.1) is 24.3 Å². The number of esters is 2. The van der Waals surface area contributed by atoms with Crippen molar-refractivity contribution in [3.8, 4) is 0 Å². The molecule has 3 N–H and O–H groups in total. The standard InChI is InChI=1S/C28H18F12O9S/c29-25(30,31)23(43,26(32,33)34)6-8-48-21(41)15-10-12-4-5-18(50(45,46)47)17-11-16(14-3-1-2-13(15)20(14)19(12)17)22(42)49-9-7-24(44,27(35,36)37)28(38,39)40/h1-5,10-11,43-44H,6-9H2,(H,45,46,47). The second-order valence-corrected chi connectivity index (χ2v) is 12.1. The van der Waals surface area contributed by atoms with Crippen LogP contribution in [-0.4, -0.2) is 84.2 Å². The molecular formula is C28H18F12O9S. The zero-order valence-electron chi connectivity index (χ0n) is 24.1. The van der Waals surface area contributed by atoms with Gasteiger partial charge in [-0.3, -0.25) is 4.55 Å². The van der Waals surface area contributed by atoms with Crippen LogP contribution in [0.4, 0.5) is 52.7 Å². The van der Waals surface area contributed by atoms with Crippen LogP contribution in [0.2, 0.25) is 0 Å².